The summed E-state index contributed by atoms with van der Waals surface area (Å²) >= 11 is 0. The number of hydrogen-bond acceptors (Lipinski definition) is 2. The highest BCUT2D eigenvalue weighted by Crippen LogP contribution is 2.16. The van der Waals surface area contributed by atoms with E-state index in [4.69, 9.17) is 9.84 Å². The van der Waals surface area contributed by atoms with E-state index in [2.05, 4.69) is 0 Å². The molecule has 0 heterocycles. The predicted octanol–water partition coefficient (Wildman–Crippen LogP) is 2.95. The lowest BCUT2D eigenvalue weighted by Gasteiger charge is -2.18. The smallest absolute Gasteiger partial charge is 0.303 e. The van der Waals surface area contributed by atoms with Gasteiger partial charge in [-0.05, 0) is 17.4 Å². The van der Waals surface area contributed by atoms with Crippen molar-refractivity contribution in [3.63, 3.8) is 0 Å². The fraction of sp³-hybridized carbons (Fsp3) is 0.500. The van der Waals surface area contributed by atoms with Gasteiger partial charge < -0.3 is 9.84 Å². The molecule has 1 atom stereocenters. The van der Waals surface area contributed by atoms with E-state index in [1.807, 2.05) is 44.2 Å². The third kappa shape index (κ3) is 5.50. The first-order chi connectivity index (χ1) is 8.09. The molecule has 0 saturated heterocycles. The second-order valence-electron chi connectivity index (χ2n) is 4.60. The summed E-state index contributed by atoms with van der Waals surface area (Å²) in [6, 6.07) is 9.90. The third-order valence-corrected chi connectivity index (χ3v) is 2.82. The first-order valence-electron chi connectivity index (χ1n) is 5.93. The molecule has 0 amide bonds. The Morgan fingerprint density at radius 2 is 1.94 bits per heavy atom. The number of aliphatic carboxylic acids is 1. The van der Waals surface area contributed by atoms with Crippen molar-refractivity contribution in [1.82, 2.24) is 0 Å². The van der Waals surface area contributed by atoms with Crippen LogP contribution in [0, 0.1) is 11.8 Å². The molecule has 0 bridgehead atoms. The van der Waals surface area contributed by atoms with Crippen LogP contribution in [0.5, 0.6) is 0 Å². The van der Waals surface area contributed by atoms with Crippen LogP contribution in [-0.4, -0.2) is 17.7 Å². The molecule has 0 radical (unpaired) electrons. The van der Waals surface area contributed by atoms with E-state index in [1.165, 1.54) is 0 Å². The molecule has 1 rings (SSSR count). The van der Waals surface area contributed by atoms with Gasteiger partial charge in [0.05, 0.1) is 19.6 Å². The number of carboxylic acids is 1. The Bertz CT molecular complexity index is 333. The van der Waals surface area contributed by atoms with Crippen LogP contribution in [0.3, 0.4) is 0 Å². The molecule has 0 aliphatic heterocycles. The molecule has 1 aromatic carbocycles. The summed E-state index contributed by atoms with van der Waals surface area (Å²) in [7, 11) is 0. The Kier molecular flexibility index (Phi) is 5.70. The lowest BCUT2D eigenvalue weighted by Crippen LogP contribution is -2.19. The molecule has 0 fully saturated rings. The van der Waals surface area contributed by atoms with Crippen molar-refractivity contribution in [3.05, 3.63) is 35.9 Å². The third-order valence-electron chi connectivity index (χ3n) is 2.82. The van der Waals surface area contributed by atoms with Crippen LogP contribution >= 0.6 is 0 Å². The van der Waals surface area contributed by atoms with Crippen molar-refractivity contribution in [2.45, 2.75) is 26.9 Å². The second kappa shape index (κ2) is 7.07. The molecule has 3 nitrogen and oxygen atoms in total. The van der Waals surface area contributed by atoms with E-state index in [0.717, 1.165) is 5.56 Å². The zero-order chi connectivity index (χ0) is 12.7. The molecular formula is C14H20O3. The molecule has 1 aromatic rings. The highest BCUT2D eigenvalue weighted by molar-refractivity contribution is 5.67. The Balaban J connectivity index is 2.35. The predicted molar refractivity (Wildman–Crippen MR) is 66.7 cm³/mol. The van der Waals surface area contributed by atoms with Crippen molar-refractivity contribution < 1.29 is 14.6 Å². The Hall–Kier alpha value is -1.35. The standard InChI is InChI=1S/C14H20O3/c1-11(2)13(8-14(15)16)10-17-9-12-6-4-3-5-7-12/h3-7,11,13H,8-10H2,1-2H3,(H,15,16)/t13-/m0/s1. The summed E-state index contributed by atoms with van der Waals surface area (Å²) in [5.41, 5.74) is 1.12. The van der Waals surface area contributed by atoms with Crippen LogP contribution in [0.15, 0.2) is 30.3 Å². The van der Waals surface area contributed by atoms with Crippen LogP contribution in [0.25, 0.3) is 0 Å². The summed E-state index contributed by atoms with van der Waals surface area (Å²) in [5.74, 6) is -0.356. The summed E-state index contributed by atoms with van der Waals surface area (Å²) in [6.45, 7) is 5.10. The summed E-state index contributed by atoms with van der Waals surface area (Å²) < 4.78 is 5.58. The van der Waals surface area contributed by atoms with Crippen LogP contribution in [0.4, 0.5) is 0 Å². The minimum atomic E-state index is -0.757. The first kappa shape index (κ1) is 13.7. The van der Waals surface area contributed by atoms with Gasteiger partial charge in [-0.2, -0.15) is 0 Å². The maximum absolute atomic E-state index is 10.7. The van der Waals surface area contributed by atoms with Gasteiger partial charge in [0.1, 0.15) is 0 Å². The van der Waals surface area contributed by atoms with Gasteiger partial charge in [0.2, 0.25) is 0 Å². The monoisotopic (exact) mass is 236 g/mol. The highest BCUT2D eigenvalue weighted by atomic mass is 16.5. The van der Waals surface area contributed by atoms with Gasteiger partial charge >= 0.3 is 5.97 Å². The molecule has 1 N–H and O–H groups in total. The van der Waals surface area contributed by atoms with Crippen molar-refractivity contribution in [1.29, 1.82) is 0 Å². The molecule has 0 aromatic heterocycles. The zero-order valence-electron chi connectivity index (χ0n) is 10.4. The van der Waals surface area contributed by atoms with E-state index in [-0.39, 0.29) is 12.3 Å². The topological polar surface area (TPSA) is 46.5 Å². The molecular weight excluding hydrogens is 216 g/mol. The van der Waals surface area contributed by atoms with Crippen LogP contribution in [-0.2, 0) is 16.1 Å². The first-order valence-corrected chi connectivity index (χ1v) is 5.93. The fourth-order valence-corrected chi connectivity index (χ4v) is 1.61. The van der Waals surface area contributed by atoms with E-state index in [9.17, 15) is 4.79 Å². The van der Waals surface area contributed by atoms with Gasteiger partial charge in [0, 0.05) is 0 Å². The van der Waals surface area contributed by atoms with Crippen LogP contribution < -0.4 is 0 Å². The summed E-state index contributed by atoms with van der Waals surface area (Å²) in [4.78, 5) is 10.7. The maximum Gasteiger partial charge on any atom is 0.303 e. The lowest BCUT2D eigenvalue weighted by atomic mass is 9.93. The Morgan fingerprint density at radius 3 is 2.47 bits per heavy atom. The average Bonchev–Trinajstić information content (AvgIpc) is 2.28. The maximum atomic E-state index is 10.7. The van der Waals surface area contributed by atoms with E-state index in [0.29, 0.717) is 19.1 Å². The number of carbonyl (C=O) groups is 1. The SMILES string of the molecule is CC(C)[C@H](COCc1ccccc1)CC(=O)O. The molecule has 94 valence electrons. The molecule has 0 unspecified atom stereocenters. The number of ether oxygens (including phenoxy) is 1. The molecule has 0 aliphatic carbocycles. The number of carboxylic acid groups (broad SMARTS) is 1. The summed E-state index contributed by atoms with van der Waals surface area (Å²) in [5, 5.41) is 8.79. The fourth-order valence-electron chi connectivity index (χ4n) is 1.61. The summed E-state index contributed by atoms with van der Waals surface area (Å²) in [6.07, 6.45) is 0.173. The van der Waals surface area contributed by atoms with Crippen LogP contribution in [0.2, 0.25) is 0 Å². The lowest BCUT2D eigenvalue weighted by molar-refractivity contribution is -0.139. The molecule has 0 saturated carbocycles. The molecule has 0 spiro atoms. The van der Waals surface area contributed by atoms with Crippen molar-refractivity contribution >= 4 is 5.97 Å². The minimum absolute atomic E-state index is 0.0798. The van der Waals surface area contributed by atoms with Crippen molar-refractivity contribution in [3.8, 4) is 0 Å². The molecule has 0 aliphatic rings. The number of rotatable bonds is 7. The van der Waals surface area contributed by atoms with E-state index in [1.54, 1.807) is 0 Å². The van der Waals surface area contributed by atoms with Gasteiger partial charge in [-0.25, -0.2) is 0 Å². The Labute approximate surface area is 102 Å². The highest BCUT2D eigenvalue weighted by Gasteiger charge is 2.17. The minimum Gasteiger partial charge on any atom is -0.481 e. The van der Waals surface area contributed by atoms with Crippen LogP contribution in [0.1, 0.15) is 25.8 Å². The van der Waals surface area contributed by atoms with Gasteiger partial charge in [0.15, 0.2) is 0 Å². The van der Waals surface area contributed by atoms with Gasteiger partial charge in [-0.3, -0.25) is 4.79 Å². The van der Waals surface area contributed by atoms with E-state index < -0.39 is 5.97 Å². The largest absolute Gasteiger partial charge is 0.481 e. The average molecular weight is 236 g/mol. The normalized spacial score (nSPS) is 12.6. The zero-order valence-corrected chi connectivity index (χ0v) is 10.4. The molecule has 17 heavy (non-hydrogen) atoms. The van der Waals surface area contributed by atoms with Gasteiger partial charge in [0.25, 0.3) is 0 Å². The van der Waals surface area contributed by atoms with Gasteiger partial charge in [-0.15, -0.1) is 0 Å². The Morgan fingerprint density at radius 1 is 1.29 bits per heavy atom. The van der Waals surface area contributed by atoms with Gasteiger partial charge in [-0.1, -0.05) is 44.2 Å². The van der Waals surface area contributed by atoms with E-state index >= 15 is 0 Å². The second-order valence-corrected chi connectivity index (χ2v) is 4.60. The quantitative estimate of drug-likeness (QED) is 0.791. The van der Waals surface area contributed by atoms with Crippen molar-refractivity contribution in [2.75, 3.05) is 6.61 Å². The number of hydrogen-bond donors (Lipinski definition) is 1. The molecule has 3 heteroatoms. The number of benzene rings is 1. The van der Waals surface area contributed by atoms with Crippen molar-refractivity contribution in [2.24, 2.45) is 11.8 Å².